The van der Waals surface area contributed by atoms with Gasteiger partial charge in [0.2, 0.25) is 0 Å². The summed E-state index contributed by atoms with van der Waals surface area (Å²) in [6.07, 6.45) is 1.30. The maximum atomic E-state index is 2.63. The molecule has 0 saturated heterocycles. The minimum absolute atomic E-state index is 0.790. The van der Waals surface area contributed by atoms with E-state index in [2.05, 4.69) is 46.4 Å². The van der Waals surface area contributed by atoms with Crippen molar-refractivity contribution in [2.75, 3.05) is 19.6 Å². The molecule has 1 nitrogen and oxygen atoms in total. The Morgan fingerprint density at radius 1 is 0.786 bits per heavy atom. The summed E-state index contributed by atoms with van der Waals surface area (Å²) in [6, 6.07) is 0. The van der Waals surface area contributed by atoms with Crippen LogP contribution in [0.5, 0.6) is 0 Å². The van der Waals surface area contributed by atoms with E-state index in [0.717, 1.165) is 17.8 Å². The zero-order valence-corrected chi connectivity index (χ0v) is 11.0. The summed E-state index contributed by atoms with van der Waals surface area (Å²) in [5.41, 5.74) is 0. The molecular weight excluding hydrogens is 170 g/mol. The topological polar surface area (TPSA) is 3.24 Å². The molecule has 0 amide bonds. The minimum Gasteiger partial charge on any atom is -0.303 e. The monoisotopic (exact) mass is 199 g/mol. The summed E-state index contributed by atoms with van der Waals surface area (Å²) < 4.78 is 0. The third-order valence-corrected chi connectivity index (χ3v) is 2.51. The van der Waals surface area contributed by atoms with E-state index in [4.69, 9.17) is 0 Å². The first kappa shape index (κ1) is 14.0. The molecule has 0 aliphatic rings. The second-order valence-corrected chi connectivity index (χ2v) is 5.52. The van der Waals surface area contributed by atoms with Crippen LogP contribution in [0.1, 0.15) is 48.0 Å². The third-order valence-electron chi connectivity index (χ3n) is 2.51. The van der Waals surface area contributed by atoms with Crippen LogP contribution in [-0.4, -0.2) is 24.5 Å². The average molecular weight is 199 g/mol. The predicted molar refractivity (Wildman–Crippen MR) is 65.6 cm³/mol. The summed E-state index contributed by atoms with van der Waals surface area (Å²) in [4.78, 5) is 2.63. The highest BCUT2D eigenvalue weighted by atomic mass is 15.1. The molecule has 0 heterocycles. The molecule has 0 aromatic carbocycles. The Balaban J connectivity index is 3.96. The van der Waals surface area contributed by atoms with Crippen molar-refractivity contribution in [3.05, 3.63) is 0 Å². The van der Waals surface area contributed by atoms with E-state index in [-0.39, 0.29) is 0 Å². The van der Waals surface area contributed by atoms with E-state index < -0.39 is 0 Å². The van der Waals surface area contributed by atoms with Gasteiger partial charge in [0.1, 0.15) is 0 Å². The van der Waals surface area contributed by atoms with E-state index in [1.54, 1.807) is 0 Å². The fourth-order valence-electron chi connectivity index (χ4n) is 1.83. The van der Waals surface area contributed by atoms with Gasteiger partial charge < -0.3 is 4.90 Å². The van der Waals surface area contributed by atoms with Crippen molar-refractivity contribution in [1.29, 1.82) is 0 Å². The molecule has 86 valence electrons. The molecule has 0 N–H and O–H groups in total. The van der Waals surface area contributed by atoms with Crippen LogP contribution in [0.15, 0.2) is 0 Å². The molecule has 0 saturated carbocycles. The predicted octanol–water partition coefficient (Wildman–Crippen LogP) is 3.65. The number of hydrogen-bond donors (Lipinski definition) is 0. The lowest BCUT2D eigenvalue weighted by Crippen LogP contribution is -2.34. The van der Waals surface area contributed by atoms with Gasteiger partial charge in [-0.25, -0.2) is 0 Å². The summed E-state index contributed by atoms with van der Waals surface area (Å²) >= 11 is 0. The van der Waals surface area contributed by atoms with Crippen molar-refractivity contribution in [3.8, 4) is 0 Å². The highest BCUT2D eigenvalue weighted by Gasteiger charge is 2.11. The van der Waals surface area contributed by atoms with Gasteiger partial charge in [0.25, 0.3) is 0 Å². The van der Waals surface area contributed by atoms with Crippen LogP contribution in [0.4, 0.5) is 0 Å². The zero-order chi connectivity index (χ0) is 11.1. The van der Waals surface area contributed by atoms with Gasteiger partial charge in [-0.05, 0) is 17.8 Å². The lowest BCUT2D eigenvalue weighted by Gasteiger charge is -2.28. The lowest BCUT2D eigenvalue weighted by atomic mass is 10.1. The smallest absolute Gasteiger partial charge is 0.000714 e. The van der Waals surface area contributed by atoms with Crippen LogP contribution < -0.4 is 0 Å². The minimum atomic E-state index is 0.790. The van der Waals surface area contributed by atoms with Gasteiger partial charge in [-0.1, -0.05) is 48.0 Å². The first-order valence-corrected chi connectivity index (χ1v) is 6.18. The number of nitrogens with zero attached hydrogens (tertiary/aromatic N) is 1. The average Bonchev–Trinajstić information content (AvgIpc) is 2.01. The molecule has 0 radical (unpaired) electrons. The van der Waals surface area contributed by atoms with Crippen LogP contribution in [-0.2, 0) is 0 Å². The molecule has 0 unspecified atom stereocenters. The van der Waals surface area contributed by atoms with E-state index >= 15 is 0 Å². The molecule has 1 heteroatoms. The van der Waals surface area contributed by atoms with Crippen LogP contribution in [0.2, 0.25) is 0 Å². The molecule has 0 aromatic heterocycles. The van der Waals surface area contributed by atoms with Crippen LogP contribution in [0, 0.1) is 17.8 Å². The third kappa shape index (κ3) is 7.37. The van der Waals surface area contributed by atoms with E-state index in [9.17, 15) is 0 Å². The Hall–Kier alpha value is -0.0400. The van der Waals surface area contributed by atoms with Gasteiger partial charge in [0.05, 0.1) is 0 Å². The Morgan fingerprint density at radius 2 is 1.21 bits per heavy atom. The van der Waals surface area contributed by atoms with Gasteiger partial charge >= 0.3 is 0 Å². The molecule has 0 rings (SSSR count). The van der Waals surface area contributed by atoms with Crippen molar-refractivity contribution in [1.82, 2.24) is 4.90 Å². The second kappa shape index (κ2) is 7.28. The molecule has 0 spiro atoms. The molecule has 0 fully saturated rings. The molecule has 0 aliphatic carbocycles. The van der Waals surface area contributed by atoms with E-state index in [1.807, 2.05) is 0 Å². The van der Waals surface area contributed by atoms with Gasteiger partial charge in [-0.3, -0.25) is 0 Å². The summed E-state index contributed by atoms with van der Waals surface area (Å²) in [5, 5.41) is 0. The quantitative estimate of drug-likeness (QED) is 0.605. The van der Waals surface area contributed by atoms with E-state index in [0.29, 0.717) is 0 Å². The van der Waals surface area contributed by atoms with Gasteiger partial charge in [0, 0.05) is 19.6 Å². The van der Waals surface area contributed by atoms with Crippen LogP contribution in [0.25, 0.3) is 0 Å². The largest absolute Gasteiger partial charge is 0.303 e. The maximum Gasteiger partial charge on any atom is 0.000714 e. The van der Waals surface area contributed by atoms with Crippen molar-refractivity contribution in [3.63, 3.8) is 0 Å². The SMILES string of the molecule is CC[C@H](C)CN(CC(C)C)CC(C)C. The van der Waals surface area contributed by atoms with Crippen molar-refractivity contribution in [2.24, 2.45) is 17.8 Å². The van der Waals surface area contributed by atoms with Gasteiger partial charge in [0.15, 0.2) is 0 Å². The first-order chi connectivity index (χ1) is 6.45. The number of rotatable bonds is 7. The van der Waals surface area contributed by atoms with E-state index in [1.165, 1.54) is 26.1 Å². The summed E-state index contributed by atoms with van der Waals surface area (Å²) in [7, 11) is 0. The van der Waals surface area contributed by atoms with Crippen molar-refractivity contribution in [2.45, 2.75) is 48.0 Å². The molecule has 0 bridgehead atoms. The Morgan fingerprint density at radius 3 is 1.50 bits per heavy atom. The Kier molecular flexibility index (Phi) is 7.26. The fraction of sp³-hybridized carbons (Fsp3) is 1.00. The molecule has 1 atom stereocenters. The highest BCUT2D eigenvalue weighted by molar-refractivity contribution is 4.65. The molecular formula is C13H29N. The molecule has 0 aromatic rings. The van der Waals surface area contributed by atoms with Crippen LogP contribution in [0.3, 0.4) is 0 Å². The zero-order valence-electron chi connectivity index (χ0n) is 11.0. The lowest BCUT2D eigenvalue weighted by molar-refractivity contribution is 0.191. The summed E-state index contributed by atoms with van der Waals surface area (Å²) in [5.74, 6) is 2.42. The normalized spacial score (nSPS) is 14.4. The Labute approximate surface area is 90.9 Å². The molecule has 0 aliphatic heterocycles. The maximum absolute atomic E-state index is 2.63. The first-order valence-electron chi connectivity index (χ1n) is 6.18. The standard InChI is InChI=1S/C13H29N/c1-7-13(6)10-14(8-11(2)3)9-12(4)5/h11-13H,7-10H2,1-6H3/t13-/m0/s1. The second-order valence-electron chi connectivity index (χ2n) is 5.52. The summed E-state index contributed by atoms with van der Waals surface area (Å²) in [6.45, 7) is 17.7. The van der Waals surface area contributed by atoms with Gasteiger partial charge in [-0.2, -0.15) is 0 Å². The van der Waals surface area contributed by atoms with Gasteiger partial charge in [-0.15, -0.1) is 0 Å². The highest BCUT2D eigenvalue weighted by Crippen LogP contribution is 2.09. The Bertz CT molecular complexity index is 119. The number of hydrogen-bond acceptors (Lipinski definition) is 1. The molecule has 14 heavy (non-hydrogen) atoms. The fourth-order valence-corrected chi connectivity index (χ4v) is 1.83. The van der Waals surface area contributed by atoms with Crippen LogP contribution >= 0.6 is 0 Å². The van der Waals surface area contributed by atoms with Crippen molar-refractivity contribution >= 4 is 0 Å². The van der Waals surface area contributed by atoms with Crippen molar-refractivity contribution < 1.29 is 0 Å².